The van der Waals surface area contributed by atoms with Gasteiger partial charge in [0.15, 0.2) is 23.0 Å². The second kappa shape index (κ2) is 6.31. The Kier molecular flexibility index (Phi) is 3.85. The second-order valence-corrected chi connectivity index (χ2v) is 7.48. The summed E-state index contributed by atoms with van der Waals surface area (Å²) in [5.74, 6) is -0.607. The first kappa shape index (κ1) is 17.7. The molecule has 2 amide bonds. The number of carbonyl (C=O) groups is 2. The molecule has 1 saturated heterocycles. The quantitative estimate of drug-likeness (QED) is 0.589. The summed E-state index contributed by atoms with van der Waals surface area (Å²) in [4.78, 5) is 36.8. The first-order valence-corrected chi connectivity index (χ1v) is 9.41. The Morgan fingerprint density at radius 2 is 2.17 bits per heavy atom. The molecule has 10 nitrogen and oxygen atoms in total. The molecular formula is C18H16ClN7O3. The fraction of sp³-hybridized carbons (Fsp3) is 0.278. The number of hydrogen-bond donors (Lipinski definition) is 3. The molecule has 11 heteroatoms. The molecule has 2 bridgehead atoms. The summed E-state index contributed by atoms with van der Waals surface area (Å²) in [5.41, 5.74) is 1.77. The van der Waals surface area contributed by atoms with E-state index < -0.39 is 12.0 Å². The molecule has 0 spiro atoms. The number of H-pyrrole nitrogens is 1. The zero-order valence-electron chi connectivity index (χ0n) is 15.3. The van der Waals surface area contributed by atoms with E-state index >= 15 is 0 Å². The fourth-order valence-electron chi connectivity index (χ4n) is 3.89. The predicted molar refractivity (Wildman–Crippen MR) is 107 cm³/mol. The van der Waals surface area contributed by atoms with Crippen molar-refractivity contribution < 1.29 is 14.7 Å². The van der Waals surface area contributed by atoms with Crippen LogP contribution in [0.5, 0.6) is 0 Å². The standard InChI is InChI=1S/C18H16ClN7O3/c1-8-2-3-10-14(20-8)23-24-15(10)22-18(29)26-9-4-5-25(7-9)12-6-11(19)13(17(27)28)21-16(12)26/h2-3,6,9H,4-5,7H2,1H3,(H,27,28)(H2,20,22,23,24,29)/t9-/m0/s1. The minimum absolute atomic E-state index is 0.0432. The number of carbonyl (C=O) groups excluding carboxylic acids is 1. The summed E-state index contributed by atoms with van der Waals surface area (Å²) < 4.78 is 0. The van der Waals surface area contributed by atoms with Crippen molar-refractivity contribution in [2.45, 2.75) is 19.4 Å². The number of hydrogen-bond acceptors (Lipinski definition) is 6. The van der Waals surface area contributed by atoms with Crippen LogP contribution in [0.1, 0.15) is 22.6 Å². The van der Waals surface area contributed by atoms with E-state index in [1.54, 1.807) is 6.07 Å². The highest BCUT2D eigenvalue weighted by Crippen LogP contribution is 2.41. The fourth-order valence-corrected chi connectivity index (χ4v) is 4.12. The van der Waals surface area contributed by atoms with E-state index in [1.807, 2.05) is 19.1 Å². The van der Waals surface area contributed by atoms with Gasteiger partial charge in [-0.15, -0.1) is 0 Å². The van der Waals surface area contributed by atoms with Gasteiger partial charge in [0, 0.05) is 18.8 Å². The van der Waals surface area contributed by atoms with Crippen LogP contribution in [0.4, 0.5) is 22.1 Å². The van der Waals surface area contributed by atoms with Crippen LogP contribution >= 0.6 is 11.6 Å². The molecule has 1 fully saturated rings. The lowest BCUT2D eigenvalue weighted by Crippen LogP contribution is -2.48. The molecule has 3 N–H and O–H groups in total. The van der Waals surface area contributed by atoms with Gasteiger partial charge in [0.1, 0.15) is 0 Å². The van der Waals surface area contributed by atoms with E-state index in [-0.39, 0.29) is 22.6 Å². The van der Waals surface area contributed by atoms with E-state index in [0.29, 0.717) is 29.1 Å². The summed E-state index contributed by atoms with van der Waals surface area (Å²) in [5, 5.41) is 19.9. The number of rotatable bonds is 2. The van der Waals surface area contributed by atoms with Gasteiger partial charge in [0.25, 0.3) is 0 Å². The summed E-state index contributed by atoms with van der Waals surface area (Å²) in [7, 11) is 0. The van der Waals surface area contributed by atoms with Crippen LogP contribution in [0, 0.1) is 6.92 Å². The summed E-state index contributed by atoms with van der Waals surface area (Å²) in [6.07, 6.45) is 0.742. The number of nitrogens with zero attached hydrogens (tertiary/aromatic N) is 5. The largest absolute Gasteiger partial charge is 0.476 e. The molecule has 5 rings (SSSR count). The predicted octanol–water partition coefficient (Wildman–Crippen LogP) is 2.64. The van der Waals surface area contributed by atoms with Crippen molar-refractivity contribution in [3.8, 4) is 0 Å². The first-order valence-electron chi connectivity index (χ1n) is 9.03. The zero-order chi connectivity index (χ0) is 20.3. The lowest BCUT2D eigenvalue weighted by molar-refractivity contribution is 0.0690. The van der Waals surface area contributed by atoms with Gasteiger partial charge in [-0.2, -0.15) is 5.10 Å². The highest BCUT2D eigenvalue weighted by molar-refractivity contribution is 6.33. The van der Waals surface area contributed by atoms with Gasteiger partial charge in [0.2, 0.25) is 0 Å². The molecule has 2 aliphatic heterocycles. The lowest BCUT2D eigenvalue weighted by atomic mass is 10.1. The molecule has 148 valence electrons. The number of amides is 2. The monoisotopic (exact) mass is 413 g/mol. The summed E-state index contributed by atoms with van der Waals surface area (Å²) in [6, 6.07) is 4.67. The Bertz CT molecular complexity index is 1180. The number of fused-ring (bicyclic) bond motifs is 5. The number of aromatic nitrogens is 4. The number of nitrogens with one attached hydrogen (secondary N) is 2. The Balaban J connectivity index is 1.54. The second-order valence-electron chi connectivity index (χ2n) is 7.08. The molecule has 0 saturated carbocycles. The van der Waals surface area contributed by atoms with Crippen LogP contribution in [0.3, 0.4) is 0 Å². The maximum atomic E-state index is 13.2. The third kappa shape index (κ3) is 2.75. The number of pyridine rings is 2. The van der Waals surface area contributed by atoms with Crippen molar-refractivity contribution in [3.05, 3.63) is 34.6 Å². The minimum Gasteiger partial charge on any atom is -0.476 e. The Labute approximate surface area is 169 Å². The topological polar surface area (TPSA) is 127 Å². The normalized spacial score (nSPS) is 17.5. The van der Waals surface area contributed by atoms with Crippen LogP contribution < -0.4 is 15.1 Å². The van der Waals surface area contributed by atoms with Gasteiger partial charge in [-0.05, 0) is 31.5 Å². The van der Waals surface area contributed by atoms with Crippen LogP contribution in [-0.4, -0.2) is 56.4 Å². The van der Waals surface area contributed by atoms with E-state index in [2.05, 4.69) is 30.4 Å². The molecule has 1 atom stereocenters. The SMILES string of the molecule is Cc1ccc2c(NC(=O)N3c4nc(C(=O)O)c(Cl)cc4N4CC[C@H]3C4)n[nH]c2n1. The van der Waals surface area contributed by atoms with Crippen molar-refractivity contribution in [1.82, 2.24) is 20.2 Å². The first-order chi connectivity index (χ1) is 13.9. The van der Waals surface area contributed by atoms with Crippen molar-refractivity contribution in [1.29, 1.82) is 0 Å². The number of halogens is 1. The number of anilines is 3. The number of carboxylic acids is 1. The molecule has 29 heavy (non-hydrogen) atoms. The van der Waals surface area contributed by atoms with E-state index in [1.165, 1.54) is 4.90 Å². The number of aromatic amines is 1. The molecular weight excluding hydrogens is 398 g/mol. The maximum Gasteiger partial charge on any atom is 0.356 e. The van der Waals surface area contributed by atoms with Crippen LogP contribution in [-0.2, 0) is 0 Å². The van der Waals surface area contributed by atoms with Gasteiger partial charge in [0.05, 0.1) is 22.1 Å². The van der Waals surface area contributed by atoms with E-state index in [4.69, 9.17) is 11.6 Å². The van der Waals surface area contributed by atoms with Crippen molar-refractivity contribution in [3.63, 3.8) is 0 Å². The molecule has 3 aromatic heterocycles. The van der Waals surface area contributed by atoms with E-state index in [0.717, 1.165) is 18.7 Å². The van der Waals surface area contributed by atoms with E-state index in [9.17, 15) is 14.7 Å². The van der Waals surface area contributed by atoms with Crippen molar-refractivity contribution in [2.75, 3.05) is 28.2 Å². The minimum atomic E-state index is -1.24. The lowest BCUT2D eigenvalue weighted by Gasteiger charge is -2.35. The molecule has 0 unspecified atom stereocenters. The molecule has 5 heterocycles. The van der Waals surface area contributed by atoms with Gasteiger partial charge < -0.3 is 10.0 Å². The zero-order valence-corrected chi connectivity index (χ0v) is 16.1. The average Bonchev–Trinajstić information content (AvgIpc) is 3.27. The molecule has 0 aliphatic carbocycles. The number of urea groups is 1. The van der Waals surface area contributed by atoms with Gasteiger partial charge >= 0.3 is 12.0 Å². The van der Waals surface area contributed by atoms with Crippen LogP contribution in [0.25, 0.3) is 11.0 Å². The van der Waals surface area contributed by atoms with Gasteiger partial charge in [-0.25, -0.2) is 19.6 Å². The van der Waals surface area contributed by atoms with Crippen molar-refractivity contribution >= 4 is 52.0 Å². The van der Waals surface area contributed by atoms with Crippen LogP contribution in [0.15, 0.2) is 18.2 Å². The third-order valence-corrected chi connectivity index (χ3v) is 5.53. The Morgan fingerprint density at radius 3 is 2.97 bits per heavy atom. The summed E-state index contributed by atoms with van der Waals surface area (Å²) >= 11 is 6.10. The smallest absolute Gasteiger partial charge is 0.356 e. The summed E-state index contributed by atoms with van der Waals surface area (Å²) in [6.45, 7) is 3.24. The maximum absolute atomic E-state index is 13.2. The molecule has 0 aromatic carbocycles. The van der Waals surface area contributed by atoms with Crippen LogP contribution in [0.2, 0.25) is 5.02 Å². The molecule has 2 aliphatic rings. The Morgan fingerprint density at radius 1 is 1.34 bits per heavy atom. The van der Waals surface area contributed by atoms with Crippen molar-refractivity contribution in [2.24, 2.45) is 0 Å². The average molecular weight is 414 g/mol. The van der Waals surface area contributed by atoms with Gasteiger partial charge in [-0.3, -0.25) is 15.3 Å². The highest BCUT2D eigenvalue weighted by Gasteiger charge is 2.41. The number of aromatic carboxylic acids is 1. The Hall–Kier alpha value is -3.40. The highest BCUT2D eigenvalue weighted by atomic mass is 35.5. The number of aryl methyl sites for hydroxylation is 1. The third-order valence-electron chi connectivity index (χ3n) is 5.24. The molecule has 3 aromatic rings. The number of carboxylic acid groups (broad SMARTS) is 1. The molecule has 0 radical (unpaired) electrons. The van der Waals surface area contributed by atoms with Gasteiger partial charge in [-0.1, -0.05) is 11.6 Å².